The van der Waals surface area contributed by atoms with Gasteiger partial charge in [-0.3, -0.25) is 9.59 Å². The van der Waals surface area contributed by atoms with Gasteiger partial charge in [-0.05, 0) is 26.0 Å². The van der Waals surface area contributed by atoms with Crippen LogP contribution in [0.25, 0.3) is 0 Å². The Hall–Kier alpha value is -0.970. The first-order valence-corrected chi connectivity index (χ1v) is 7.58. The van der Waals surface area contributed by atoms with Crippen molar-refractivity contribution in [3.05, 3.63) is 27.2 Å². The van der Waals surface area contributed by atoms with Gasteiger partial charge in [-0.2, -0.15) is 0 Å². The molecule has 1 heterocycles. The van der Waals surface area contributed by atoms with Crippen molar-refractivity contribution >= 4 is 46.7 Å². The van der Waals surface area contributed by atoms with Gasteiger partial charge in [-0.25, -0.2) is 0 Å². The van der Waals surface area contributed by atoms with E-state index in [1.807, 2.05) is 13.8 Å². The molecule has 1 amide bonds. The summed E-state index contributed by atoms with van der Waals surface area (Å²) in [6, 6.07) is 2.94. The maximum atomic E-state index is 12.2. The van der Waals surface area contributed by atoms with Gasteiger partial charge in [0.1, 0.15) is 0 Å². The van der Waals surface area contributed by atoms with Crippen molar-refractivity contribution in [3.63, 3.8) is 0 Å². The fourth-order valence-electron chi connectivity index (χ4n) is 2.20. The van der Waals surface area contributed by atoms with Crippen molar-refractivity contribution in [2.45, 2.75) is 26.3 Å². The summed E-state index contributed by atoms with van der Waals surface area (Å²) in [6.07, 6.45) is 0.139. The summed E-state index contributed by atoms with van der Waals surface area (Å²) < 4.78 is 5.25. The summed E-state index contributed by atoms with van der Waals surface area (Å²) in [4.78, 5) is 25.6. The molecule has 1 aromatic rings. The second-order valence-electron chi connectivity index (χ2n) is 5.16. The van der Waals surface area contributed by atoms with Crippen molar-refractivity contribution in [1.29, 1.82) is 0 Å². The van der Waals surface area contributed by atoms with E-state index in [0.29, 0.717) is 11.6 Å². The highest BCUT2D eigenvalue weighted by molar-refractivity contribution is 6.40. The molecule has 0 radical (unpaired) electrons. The van der Waals surface area contributed by atoms with Crippen LogP contribution in [0, 0.1) is 5.92 Å². The predicted octanol–water partition coefficient (Wildman–Crippen LogP) is 3.81. The Morgan fingerprint density at radius 3 is 2.33 bits per heavy atom. The molecule has 2 rings (SSSR count). The first kappa shape index (κ1) is 16.4. The van der Waals surface area contributed by atoms with Gasteiger partial charge < -0.3 is 9.64 Å². The van der Waals surface area contributed by atoms with Crippen LogP contribution in [-0.4, -0.2) is 29.4 Å². The summed E-state index contributed by atoms with van der Waals surface area (Å²) in [5, 5.41) is 0.670. The van der Waals surface area contributed by atoms with Crippen LogP contribution in [-0.2, 0) is 9.59 Å². The lowest BCUT2D eigenvalue weighted by atomic mass is 10.1. The van der Waals surface area contributed by atoms with Crippen LogP contribution in [0.2, 0.25) is 15.1 Å². The van der Waals surface area contributed by atoms with Gasteiger partial charge in [0.15, 0.2) is 5.75 Å². The minimum Gasteiger partial charge on any atom is -0.423 e. The quantitative estimate of drug-likeness (QED) is 0.615. The Morgan fingerprint density at radius 2 is 1.86 bits per heavy atom. The molecule has 0 bridgehead atoms. The zero-order chi connectivity index (χ0) is 15.7. The lowest BCUT2D eigenvalue weighted by molar-refractivity contribution is -0.139. The molecule has 21 heavy (non-hydrogen) atoms. The first-order chi connectivity index (χ1) is 9.79. The minimum absolute atomic E-state index is 0.0537. The average Bonchev–Trinajstić information content (AvgIpc) is 2.75. The maximum absolute atomic E-state index is 12.2. The second kappa shape index (κ2) is 6.42. The van der Waals surface area contributed by atoms with Crippen LogP contribution in [0.5, 0.6) is 5.75 Å². The van der Waals surface area contributed by atoms with E-state index in [4.69, 9.17) is 39.5 Å². The van der Waals surface area contributed by atoms with E-state index < -0.39 is 11.9 Å². The molecule has 0 aliphatic carbocycles. The van der Waals surface area contributed by atoms with Crippen molar-refractivity contribution in [3.8, 4) is 5.75 Å². The van der Waals surface area contributed by atoms with Crippen molar-refractivity contribution < 1.29 is 14.3 Å². The van der Waals surface area contributed by atoms with Crippen molar-refractivity contribution in [1.82, 2.24) is 4.90 Å². The van der Waals surface area contributed by atoms with Gasteiger partial charge in [0.2, 0.25) is 5.91 Å². The van der Waals surface area contributed by atoms with Crippen LogP contribution in [0.4, 0.5) is 0 Å². The largest absolute Gasteiger partial charge is 0.423 e. The van der Waals surface area contributed by atoms with Crippen LogP contribution in [0.1, 0.15) is 20.3 Å². The average molecular weight is 351 g/mol. The van der Waals surface area contributed by atoms with Gasteiger partial charge in [-0.1, -0.05) is 34.8 Å². The zero-order valence-corrected chi connectivity index (χ0v) is 13.8. The molecular weight excluding hydrogens is 337 g/mol. The molecule has 1 aliphatic heterocycles. The normalized spacial score (nSPS) is 18.5. The topological polar surface area (TPSA) is 46.6 Å². The summed E-state index contributed by atoms with van der Waals surface area (Å²) in [5.41, 5.74) is 0. The van der Waals surface area contributed by atoms with E-state index in [1.165, 1.54) is 12.1 Å². The number of carbonyl (C=O) groups excluding carboxylic acids is 2. The number of nitrogens with zero attached hydrogens (tertiary/aromatic N) is 1. The number of rotatable bonds is 3. The number of carbonyl (C=O) groups is 2. The third-order valence-corrected chi connectivity index (χ3v) is 4.06. The molecule has 0 spiro atoms. The van der Waals surface area contributed by atoms with Crippen LogP contribution in [0.15, 0.2) is 12.1 Å². The molecule has 1 fully saturated rings. The highest BCUT2D eigenvalue weighted by Crippen LogP contribution is 2.36. The SMILES string of the molecule is CC(C)N1CC(C(=O)Oc2c(Cl)cc(Cl)cc2Cl)CC1=O. The molecule has 4 nitrogen and oxygen atoms in total. The number of hydrogen-bond donors (Lipinski definition) is 0. The van der Waals surface area contributed by atoms with E-state index in [0.717, 1.165) is 0 Å². The fourth-order valence-corrected chi connectivity index (χ4v) is 3.09. The number of amides is 1. The van der Waals surface area contributed by atoms with Gasteiger partial charge in [0.05, 0.1) is 16.0 Å². The Labute approximate surface area is 137 Å². The number of likely N-dealkylation sites (tertiary alicyclic amines) is 1. The standard InChI is InChI=1S/C14H14Cl3NO3/c1-7(2)18-6-8(3-12(18)19)14(20)21-13-10(16)4-9(15)5-11(13)17/h4-5,7-8H,3,6H2,1-2H3. The molecule has 1 aliphatic rings. The molecular formula is C14H14Cl3NO3. The molecule has 0 N–H and O–H groups in total. The molecule has 0 saturated carbocycles. The van der Waals surface area contributed by atoms with E-state index in [2.05, 4.69) is 0 Å². The second-order valence-corrected chi connectivity index (χ2v) is 6.41. The lowest BCUT2D eigenvalue weighted by Gasteiger charge is -2.20. The maximum Gasteiger partial charge on any atom is 0.316 e. The first-order valence-electron chi connectivity index (χ1n) is 6.45. The fraction of sp³-hybridized carbons (Fsp3) is 0.429. The number of halogens is 3. The molecule has 1 aromatic carbocycles. The van der Waals surface area contributed by atoms with Crippen molar-refractivity contribution in [2.75, 3.05) is 6.54 Å². The van der Waals surface area contributed by atoms with Crippen molar-refractivity contribution in [2.24, 2.45) is 5.92 Å². The highest BCUT2D eigenvalue weighted by atomic mass is 35.5. The molecule has 1 unspecified atom stereocenters. The summed E-state index contributed by atoms with van der Waals surface area (Å²) in [6.45, 7) is 4.15. The van der Waals surface area contributed by atoms with E-state index in [9.17, 15) is 9.59 Å². The van der Waals surface area contributed by atoms with Crippen LogP contribution >= 0.6 is 34.8 Å². The van der Waals surface area contributed by atoms with Gasteiger partial charge in [0.25, 0.3) is 0 Å². The zero-order valence-electron chi connectivity index (χ0n) is 11.5. The van der Waals surface area contributed by atoms with Gasteiger partial charge in [-0.15, -0.1) is 0 Å². The summed E-state index contributed by atoms with van der Waals surface area (Å²) >= 11 is 17.7. The molecule has 114 valence electrons. The Kier molecular flexibility index (Phi) is 5.02. The molecule has 0 aromatic heterocycles. The van der Waals surface area contributed by atoms with Crippen LogP contribution < -0.4 is 4.74 Å². The van der Waals surface area contributed by atoms with E-state index in [1.54, 1.807) is 4.90 Å². The monoisotopic (exact) mass is 349 g/mol. The van der Waals surface area contributed by atoms with Gasteiger partial charge in [0, 0.05) is 24.0 Å². The van der Waals surface area contributed by atoms with Gasteiger partial charge >= 0.3 is 5.97 Å². The number of ether oxygens (including phenoxy) is 1. The Morgan fingerprint density at radius 1 is 1.29 bits per heavy atom. The smallest absolute Gasteiger partial charge is 0.316 e. The minimum atomic E-state index is -0.516. The third-order valence-electron chi connectivity index (χ3n) is 3.28. The Balaban J connectivity index is 2.11. The number of hydrogen-bond acceptors (Lipinski definition) is 3. The predicted molar refractivity (Wildman–Crippen MR) is 82.1 cm³/mol. The van der Waals surface area contributed by atoms with Crippen LogP contribution in [0.3, 0.4) is 0 Å². The number of esters is 1. The van der Waals surface area contributed by atoms with E-state index in [-0.39, 0.29) is 34.2 Å². The third kappa shape index (κ3) is 3.62. The molecule has 7 heteroatoms. The molecule has 1 atom stereocenters. The summed E-state index contributed by atoms with van der Waals surface area (Å²) in [7, 11) is 0. The summed E-state index contributed by atoms with van der Waals surface area (Å²) in [5.74, 6) is -1.01. The number of benzene rings is 1. The Bertz CT molecular complexity index is 566. The molecule has 1 saturated heterocycles. The lowest BCUT2D eigenvalue weighted by Crippen LogP contribution is -2.33. The van der Waals surface area contributed by atoms with E-state index >= 15 is 0 Å². The highest BCUT2D eigenvalue weighted by Gasteiger charge is 2.37.